The lowest BCUT2D eigenvalue weighted by Crippen LogP contribution is -2.36. The van der Waals surface area contributed by atoms with Gasteiger partial charge >= 0.3 is 0 Å². The lowest BCUT2D eigenvalue weighted by atomic mass is 10.2. The zero-order valence-electron chi connectivity index (χ0n) is 14.1. The van der Waals surface area contributed by atoms with Gasteiger partial charge in [-0.2, -0.15) is 4.31 Å². The SMILES string of the molecule is CCNCCN(CC)S(=O)(=O)c1cccc2c(S(N)(=O)=O)nccc12. The molecule has 0 bridgehead atoms. The number of likely N-dealkylation sites (N-methyl/N-ethyl adjacent to an activating group) is 2. The van der Waals surface area contributed by atoms with Gasteiger partial charge in [-0.15, -0.1) is 0 Å². The van der Waals surface area contributed by atoms with Gasteiger partial charge < -0.3 is 5.32 Å². The first-order chi connectivity index (χ1) is 11.7. The average molecular weight is 386 g/mol. The number of benzene rings is 1. The number of rotatable bonds is 8. The third-order valence-corrected chi connectivity index (χ3v) is 6.65. The Morgan fingerprint density at radius 3 is 2.44 bits per heavy atom. The molecule has 8 nitrogen and oxygen atoms in total. The van der Waals surface area contributed by atoms with E-state index in [-0.39, 0.29) is 20.7 Å². The van der Waals surface area contributed by atoms with E-state index in [0.29, 0.717) is 19.6 Å². The van der Waals surface area contributed by atoms with Gasteiger partial charge in [-0.25, -0.2) is 27.0 Å². The molecule has 0 spiro atoms. The molecule has 1 heterocycles. The van der Waals surface area contributed by atoms with E-state index in [1.165, 1.54) is 34.8 Å². The Morgan fingerprint density at radius 1 is 1.12 bits per heavy atom. The Balaban J connectivity index is 2.60. The summed E-state index contributed by atoms with van der Waals surface area (Å²) in [5, 5.41) is 8.42. The zero-order chi connectivity index (χ0) is 18.7. The Kier molecular flexibility index (Phi) is 6.12. The van der Waals surface area contributed by atoms with Crippen molar-refractivity contribution in [2.75, 3.05) is 26.2 Å². The number of sulfonamides is 2. The minimum absolute atomic E-state index is 0.0376. The largest absolute Gasteiger partial charge is 0.316 e. The van der Waals surface area contributed by atoms with Crippen LogP contribution in [0.25, 0.3) is 10.8 Å². The van der Waals surface area contributed by atoms with Crippen LogP contribution in [0.4, 0.5) is 0 Å². The van der Waals surface area contributed by atoms with Crippen molar-refractivity contribution in [2.45, 2.75) is 23.8 Å². The number of hydrogen-bond acceptors (Lipinski definition) is 6. The quantitative estimate of drug-likeness (QED) is 0.637. The number of nitrogens with zero attached hydrogens (tertiary/aromatic N) is 2. The van der Waals surface area contributed by atoms with Crippen LogP contribution in [0.15, 0.2) is 40.4 Å². The number of fused-ring (bicyclic) bond motifs is 1. The summed E-state index contributed by atoms with van der Waals surface area (Å²) in [4.78, 5) is 3.83. The fourth-order valence-corrected chi connectivity index (χ4v) is 4.92. The van der Waals surface area contributed by atoms with E-state index in [1.807, 2.05) is 6.92 Å². The predicted octanol–water partition coefficient (Wildman–Crippen LogP) is 0.502. The molecule has 0 amide bonds. The Labute approximate surface area is 148 Å². The number of primary sulfonamides is 1. The van der Waals surface area contributed by atoms with Gasteiger partial charge in [0.2, 0.25) is 10.0 Å². The molecule has 0 radical (unpaired) electrons. The van der Waals surface area contributed by atoms with E-state index in [4.69, 9.17) is 5.14 Å². The molecule has 0 saturated heterocycles. The van der Waals surface area contributed by atoms with Gasteiger partial charge in [0, 0.05) is 36.6 Å². The first kappa shape index (κ1) is 19.7. The minimum Gasteiger partial charge on any atom is -0.316 e. The highest BCUT2D eigenvalue weighted by molar-refractivity contribution is 7.89. The summed E-state index contributed by atoms with van der Waals surface area (Å²) in [7, 11) is -7.86. The summed E-state index contributed by atoms with van der Waals surface area (Å²) >= 11 is 0. The van der Waals surface area contributed by atoms with Gasteiger partial charge in [0.1, 0.15) is 0 Å². The van der Waals surface area contributed by atoms with Crippen molar-refractivity contribution < 1.29 is 16.8 Å². The van der Waals surface area contributed by atoms with Gasteiger partial charge in [-0.05, 0) is 18.7 Å². The smallest absolute Gasteiger partial charge is 0.256 e. The van der Waals surface area contributed by atoms with Crippen molar-refractivity contribution in [3.05, 3.63) is 30.5 Å². The van der Waals surface area contributed by atoms with Crippen LogP contribution in [0, 0.1) is 0 Å². The van der Waals surface area contributed by atoms with Crippen molar-refractivity contribution in [3.8, 4) is 0 Å². The Bertz CT molecular complexity index is 959. The van der Waals surface area contributed by atoms with E-state index in [2.05, 4.69) is 10.3 Å². The minimum atomic E-state index is -4.06. The molecular formula is C15H22N4O4S2. The number of nitrogens with one attached hydrogen (secondary N) is 1. The van der Waals surface area contributed by atoms with Gasteiger partial charge in [0.05, 0.1) is 4.90 Å². The molecule has 0 aliphatic rings. The molecular weight excluding hydrogens is 364 g/mol. The molecule has 0 aliphatic heterocycles. The molecule has 3 N–H and O–H groups in total. The Morgan fingerprint density at radius 2 is 1.84 bits per heavy atom. The normalized spacial score (nSPS) is 12.8. The number of nitrogens with two attached hydrogens (primary N) is 1. The highest BCUT2D eigenvalue weighted by atomic mass is 32.2. The molecule has 2 aromatic rings. The third kappa shape index (κ3) is 4.15. The third-order valence-electron chi connectivity index (χ3n) is 3.76. The summed E-state index contributed by atoms with van der Waals surface area (Å²) in [6, 6.07) is 5.93. The van der Waals surface area contributed by atoms with E-state index in [1.54, 1.807) is 6.92 Å². The van der Waals surface area contributed by atoms with Crippen molar-refractivity contribution in [3.63, 3.8) is 0 Å². The molecule has 1 aromatic carbocycles. The lowest BCUT2D eigenvalue weighted by Gasteiger charge is -2.21. The molecule has 0 fully saturated rings. The van der Waals surface area contributed by atoms with Crippen LogP contribution in [0.3, 0.4) is 0 Å². The first-order valence-electron chi connectivity index (χ1n) is 7.84. The molecule has 0 unspecified atom stereocenters. The van der Waals surface area contributed by atoms with E-state index >= 15 is 0 Å². The van der Waals surface area contributed by atoms with Gasteiger partial charge in [0.15, 0.2) is 5.03 Å². The van der Waals surface area contributed by atoms with Crippen LogP contribution < -0.4 is 10.5 Å². The molecule has 0 aliphatic carbocycles. The highest BCUT2D eigenvalue weighted by Crippen LogP contribution is 2.28. The maximum atomic E-state index is 13.0. The molecule has 1 aromatic heterocycles. The lowest BCUT2D eigenvalue weighted by molar-refractivity contribution is 0.422. The zero-order valence-corrected chi connectivity index (χ0v) is 15.8. The summed E-state index contributed by atoms with van der Waals surface area (Å²) in [5.74, 6) is 0. The number of pyridine rings is 1. The molecule has 0 atom stereocenters. The molecule has 0 saturated carbocycles. The molecule has 2 rings (SSSR count). The average Bonchev–Trinajstić information content (AvgIpc) is 2.56. The second kappa shape index (κ2) is 7.75. The van der Waals surface area contributed by atoms with Crippen LogP contribution in [0.5, 0.6) is 0 Å². The topological polar surface area (TPSA) is 122 Å². The molecule has 25 heavy (non-hydrogen) atoms. The molecule has 10 heteroatoms. The van der Waals surface area contributed by atoms with Crippen LogP contribution >= 0.6 is 0 Å². The fourth-order valence-electron chi connectivity index (χ4n) is 2.57. The molecule has 138 valence electrons. The standard InChI is InChI=1S/C15H22N4O4S2/c1-3-17-10-11-19(4-2)25(22,23)14-7-5-6-13-12(14)8-9-18-15(13)24(16,20)21/h5-9,17H,3-4,10-11H2,1-2H3,(H2,16,20,21). The van der Waals surface area contributed by atoms with Gasteiger partial charge in [-0.3, -0.25) is 0 Å². The predicted molar refractivity (Wildman–Crippen MR) is 96.1 cm³/mol. The van der Waals surface area contributed by atoms with E-state index in [9.17, 15) is 16.8 Å². The maximum absolute atomic E-state index is 13.0. The van der Waals surface area contributed by atoms with E-state index < -0.39 is 20.0 Å². The second-order valence-electron chi connectivity index (χ2n) is 5.36. The summed E-state index contributed by atoms with van der Waals surface area (Å²) in [5.41, 5.74) is 0. The second-order valence-corrected chi connectivity index (χ2v) is 8.75. The van der Waals surface area contributed by atoms with Crippen LogP contribution in [0.1, 0.15) is 13.8 Å². The summed E-state index contributed by atoms with van der Waals surface area (Å²) < 4.78 is 50.8. The van der Waals surface area contributed by atoms with Crippen molar-refractivity contribution in [1.29, 1.82) is 0 Å². The summed E-state index contributed by atoms with van der Waals surface area (Å²) in [6.07, 6.45) is 1.25. The van der Waals surface area contributed by atoms with Crippen molar-refractivity contribution in [2.24, 2.45) is 5.14 Å². The monoisotopic (exact) mass is 386 g/mol. The van der Waals surface area contributed by atoms with E-state index in [0.717, 1.165) is 6.54 Å². The number of hydrogen-bond donors (Lipinski definition) is 2. The van der Waals surface area contributed by atoms with Gasteiger partial charge in [0.25, 0.3) is 10.0 Å². The summed E-state index contributed by atoms with van der Waals surface area (Å²) in [6.45, 7) is 5.59. The van der Waals surface area contributed by atoms with Crippen LogP contribution in [0.2, 0.25) is 0 Å². The van der Waals surface area contributed by atoms with Crippen LogP contribution in [-0.2, 0) is 20.0 Å². The Hall–Kier alpha value is -1.59. The van der Waals surface area contributed by atoms with Crippen molar-refractivity contribution in [1.82, 2.24) is 14.6 Å². The number of aromatic nitrogens is 1. The van der Waals surface area contributed by atoms with Crippen molar-refractivity contribution >= 4 is 30.8 Å². The maximum Gasteiger partial charge on any atom is 0.256 e. The fraction of sp³-hybridized carbons (Fsp3) is 0.400. The van der Waals surface area contributed by atoms with Crippen LogP contribution in [-0.4, -0.2) is 52.3 Å². The van der Waals surface area contributed by atoms with Gasteiger partial charge in [-0.1, -0.05) is 26.0 Å². The first-order valence-corrected chi connectivity index (χ1v) is 10.8. The highest BCUT2D eigenvalue weighted by Gasteiger charge is 2.26.